The summed E-state index contributed by atoms with van der Waals surface area (Å²) < 4.78 is 29.6. The zero-order valence-corrected chi connectivity index (χ0v) is 13.7. The van der Waals surface area contributed by atoms with Crippen molar-refractivity contribution in [2.24, 2.45) is 5.92 Å². The lowest BCUT2D eigenvalue weighted by molar-refractivity contribution is 0.328. The first kappa shape index (κ1) is 18.0. The number of unbranched alkanes of at least 4 members (excludes halogenated alkanes) is 7. The van der Waals surface area contributed by atoms with Gasteiger partial charge in [-0.05, 0) is 12.3 Å². The van der Waals surface area contributed by atoms with Gasteiger partial charge in [-0.15, -0.1) is 0 Å². The van der Waals surface area contributed by atoms with E-state index in [1.54, 1.807) is 0 Å². The Morgan fingerprint density at radius 1 is 0.750 bits per heavy atom. The van der Waals surface area contributed by atoms with Gasteiger partial charge in [0.15, 0.2) is 0 Å². The quantitative estimate of drug-likeness (QED) is 0.433. The lowest BCUT2D eigenvalue weighted by atomic mass is 9.85. The predicted molar refractivity (Wildman–Crippen MR) is 84.5 cm³/mol. The fraction of sp³-hybridized carbons (Fsp3) is 1.00. The van der Waals surface area contributed by atoms with Crippen molar-refractivity contribution in [3.63, 3.8) is 0 Å². The molecule has 1 fully saturated rings. The first-order chi connectivity index (χ1) is 9.58. The van der Waals surface area contributed by atoms with Gasteiger partial charge in [-0.1, -0.05) is 83.5 Å². The first-order valence-electron chi connectivity index (χ1n) is 8.53. The third-order valence-corrected chi connectivity index (χ3v) is 5.29. The van der Waals surface area contributed by atoms with Crippen LogP contribution in [0.5, 0.6) is 0 Å². The Morgan fingerprint density at radius 2 is 1.25 bits per heavy atom. The van der Waals surface area contributed by atoms with Crippen molar-refractivity contribution in [3.8, 4) is 0 Å². The first-order valence-corrected chi connectivity index (χ1v) is 10.1. The van der Waals surface area contributed by atoms with Crippen LogP contribution < -0.4 is 0 Å². The van der Waals surface area contributed by atoms with E-state index >= 15 is 0 Å². The van der Waals surface area contributed by atoms with Crippen molar-refractivity contribution in [3.05, 3.63) is 0 Å². The van der Waals surface area contributed by atoms with Crippen LogP contribution in [0.1, 0.15) is 89.9 Å². The Labute approximate surface area is 125 Å². The zero-order chi connectivity index (χ0) is 14.7. The SMILES string of the molecule is O=S(=O)(O)CCCCCCCCCCC1CCCCC1. The molecule has 120 valence electrons. The zero-order valence-electron chi connectivity index (χ0n) is 12.9. The van der Waals surface area contributed by atoms with Gasteiger partial charge in [-0.2, -0.15) is 8.42 Å². The van der Waals surface area contributed by atoms with E-state index in [9.17, 15) is 8.42 Å². The maximum absolute atomic E-state index is 10.5. The minimum absolute atomic E-state index is 0.0750. The molecule has 1 aliphatic rings. The molecular weight excluding hydrogens is 272 g/mol. The minimum atomic E-state index is -3.74. The average molecular weight is 304 g/mol. The smallest absolute Gasteiger partial charge is 0.264 e. The highest BCUT2D eigenvalue weighted by atomic mass is 32.2. The number of hydrogen-bond donors (Lipinski definition) is 1. The lowest BCUT2D eigenvalue weighted by Gasteiger charge is -2.21. The third kappa shape index (κ3) is 10.7. The van der Waals surface area contributed by atoms with Crippen LogP contribution in [0.2, 0.25) is 0 Å². The Bertz CT molecular complexity index is 319. The normalized spacial score (nSPS) is 17.4. The van der Waals surface area contributed by atoms with Gasteiger partial charge in [0.2, 0.25) is 0 Å². The molecule has 0 aliphatic heterocycles. The molecule has 0 heterocycles. The highest BCUT2D eigenvalue weighted by Crippen LogP contribution is 2.28. The minimum Gasteiger partial charge on any atom is -0.286 e. The summed E-state index contributed by atoms with van der Waals surface area (Å²) in [5, 5.41) is 0. The van der Waals surface area contributed by atoms with Crippen molar-refractivity contribution in [2.75, 3.05) is 5.75 Å². The fourth-order valence-electron chi connectivity index (χ4n) is 3.25. The molecule has 4 heteroatoms. The van der Waals surface area contributed by atoms with Crippen LogP contribution in [0, 0.1) is 5.92 Å². The van der Waals surface area contributed by atoms with E-state index in [-0.39, 0.29) is 5.75 Å². The largest absolute Gasteiger partial charge is 0.286 e. The van der Waals surface area contributed by atoms with Gasteiger partial charge in [0.05, 0.1) is 5.75 Å². The molecule has 0 aromatic rings. The van der Waals surface area contributed by atoms with Gasteiger partial charge >= 0.3 is 0 Å². The van der Waals surface area contributed by atoms with Crippen molar-refractivity contribution < 1.29 is 13.0 Å². The summed E-state index contributed by atoms with van der Waals surface area (Å²) in [4.78, 5) is 0. The standard InChI is InChI=1S/C16H32O3S/c17-20(18,19)15-11-6-4-2-1-3-5-8-12-16-13-9-7-10-14-16/h16H,1-15H2,(H,17,18,19). The van der Waals surface area contributed by atoms with Crippen molar-refractivity contribution in [1.82, 2.24) is 0 Å². The molecule has 0 aromatic carbocycles. The molecule has 0 spiro atoms. The molecular formula is C16H32O3S. The van der Waals surface area contributed by atoms with Crippen LogP contribution in [0.3, 0.4) is 0 Å². The average Bonchev–Trinajstić information content (AvgIpc) is 2.41. The monoisotopic (exact) mass is 304 g/mol. The van der Waals surface area contributed by atoms with Gasteiger partial charge in [0, 0.05) is 0 Å². The van der Waals surface area contributed by atoms with Crippen LogP contribution in [0.15, 0.2) is 0 Å². The maximum atomic E-state index is 10.5. The van der Waals surface area contributed by atoms with Gasteiger partial charge in [-0.3, -0.25) is 4.55 Å². The summed E-state index contributed by atoms with van der Waals surface area (Å²) in [5.74, 6) is 0.943. The Balaban J connectivity index is 1.78. The van der Waals surface area contributed by atoms with E-state index in [1.165, 1.54) is 70.6 Å². The van der Waals surface area contributed by atoms with Gasteiger partial charge in [0.25, 0.3) is 10.1 Å². The topological polar surface area (TPSA) is 54.4 Å². The summed E-state index contributed by atoms with van der Waals surface area (Å²) in [5.41, 5.74) is 0. The third-order valence-electron chi connectivity index (χ3n) is 4.49. The molecule has 0 atom stereocenters. The highest BCUT2D eigenvalue weighted by Gasteiger charge is 2.12. The van der Waals surface area contributed by atoms with E-state index in [0.29, 0.717) is 6.42 Å². The molecule has 0 bridgehead atoms. The molecule has 1 aliphatic carbocycles. The Hall–Kier alpha value is -0.0900. The molecule has 1 saturated carbocycles. The van der Waals surface area contributed by atoms with Crippen molar-refractivity contribution in [2.45, 2.75) is 89.9 Å². The van der Waals surface area contributed by atoms with Gasteiger partial charge in [0.1, 0.15) is 0 Å². The second-order valence-electron chi connectivity index (χ2n) is 6.41. The number of rotatable bonds is 11. The van der Waals surface area contributed by atoms with Crippen LogP contribution >= 0.6 is 0 Å². The molecule has 1 N–H and O–H groups in total. The second kappa shape index (κ2) is 10.6. The van der Waals surface area contributed by atoms with E-state index in [1.807, 2.05) is 0 Å². The van der Waals surface area contributed by atoms with Crippen LogP contribution in [-0.2, 0) is 10.1 Å². The fourth-order valence-corrected chi connectivity index (χ4v) is 3.82. The van der Waals surface area contributed by atoms with Crippen molar-refractivity contribution in [1.29, 1.82) is 0 Å². The van der Waals surface area contributed by atoms with E-state index in [2.05, 4.69) is 0 Å². The van der Waals surface area contributed by atoms with Crippen LogP contribution in [0.4, 0.5) is 0 Å². The maximum Gasteiger partial charge on any atom is 0.264 e. The molecule has 1 rings (SSSR count). The summed E-state index contributed by atoms with van der Waals surface area (Å²) in [7, 11) is -3.74. The van der Waals surface area contributed by atoms with E-state index < -0.39 is 10.1 Å². The molecule has 0 radical (unpaired) electrons. The molecule has 20 heavy (non-hydrogen) atoms. The molecule has 0 aromatic heterocycles. The highest BCUT2D eigenvalue weighted by molar-refractivity contribution is 7.85. The molecule has 0 unspecified atom stereocenters. The Morgan fingerprint density at radius 3 is 1.80 bits per heavy atom. The lowest BCUT2D eigenvalue weighted by Crippen LogP contribution is -2.05. The second-order valence-corrected chi connectivity index (χ2v) is 7.98. The van der Waals surface area contributed by atoms with Crippen molar-refractivity contribution >= 4 is 10.1 Å². The Kier molecular flexibility index (Phi) is 9.53. The number of hydrogen-bond acceptors (Lipinski definition) is 2. The molecule has 3 nitrogen and oxygen atoms in total. The van der Waals surface area contributed by atoms with Crippen LogP contribution in [-0.4, -0.2) is 18.7 Å². The van der Waals surface area contributed by atoms with E-state index in [0.717, 1.165) is 18.8 Å². The summed E-state index contributed by atoms with van der Waals surface area (Å²) in [6.07, 6.45) is 17.9. The summed E-state index contributed by atoms with van der Waals surface area (Å²) in [6, 6.07) is 0. The van der Waals surface area contributed by atoms with Crippen LogP contribution in [0.25, 0.3) is 0 Å². The summed E-state index contributed by atoms with van der Waals surface area (Å²) in [6.45, 7) is 0. The molecule has 0 amide bonds. The molecule has 0 saturated heterocycles. The van der Waals surface area contributed by atoms with E-state index in [4.69, 9.17) is 4.55 Å². The van der Waals surface area contributed by atoms with Gasteiger partial charge in [-0.25, -0.2) is 0 Å². The summed E-state index contributed by atoms with van der Waals surface area (Å²) >= 11 is 0. The van der Waals surface area contributed by atoms with Gasteiger partial charge < -0.3 is 0 Å². The predicted octanol–water partition coefficient (Wildman–Crippen LogP) is 4.97.